The number of hydrogen-bond donors (Lipinski definition) is 1. The van der Waals surface area contributed by atoms with Crippen molar-refractivity contribution in [2.45, 2.75) is 20.8 Å². The Morgan fingerprint density at radius 1 is 1.50 bits per heavy atom. The molecular weight excluding hydrogens is 318 g/mol. The predicted molar refractivity (Wildman–Crippen MR) is 78.7 cm³/mol. The molecule has 0 aliphatic carbocycles. The summed E-state index contributed by atoms with van der Waals surface area (Å²) in [6, 6.07) is 3.26. The van der Waals surface area contributed by atoms with Crippen LogP contribution < -0.4 is 4.74 Å². The standard InChI is InChI=1S/C12H16BrNO3S/c1-8-4-9(13)5-10(14(15)16)11(8)17-6-12(2,3)7-18/h4-5,18H,6-7H2,1-3H3. The largest absolute Gasteiger partial charge is 0.486 e. The Bertz CT molecular complexity index is 463. The van der Waals surface area contributed by atoms with Crippen LogP contribution in [0.5, 0.6) is 5.75 Å². The lowest BCUT2D eigenvalue weighted by molar-refractivity contribution is -0.386. The first-order chi connectivity index (χ1) is 8.26. The van der Waals surface area contributed by atoms with Gasteiger partial charge in [0.25, 0.3) is 0 Å². The van der Waals surface area contributed by atoms with Crippen LogP contribution in [0, 0.1) is 22.5 Å². The Balaban J connectivity index is 3.04. The smallest absolute Gasteiger partial charge is 0.312 e. The maximum atomic E-state index is 11.0. The minimum Gasteiger partial charge on any atom is -0.486 e. The van der Waals surface area contributed by atoms with Crippen molar-refractivity contribution in [1.82, 2.24) is 0 Å². The summed E-state index contributed by atoms with van der Waals surface area (Å²) in [6.07, 6.45) is 0. The number of nitrogens with zero attached hydrogens (tertiary/aromatic N) is 1. The Morgan fingerprint density at radius 3 is 2.61 bits per heavy atom. The Labute approximate surface area is 120 Å². The fourth-order valence-electron chi connectivity index (χ4n) is 1.35. The molecule has 0 aliphatic heterocycles. The van der Waals surface area contributed by atoms with E-state index in [1.807, 2.05) is 13.8 Å². The van der Waals surface area contributed by atoms with Crippen LogP contribution in [-0.2, 0) is 0 Å². The van der Waals surface area contributed by atoms with E-state index in [4.69, 9.17) is 4.74 Å². The van der Waals surface area contributed by atoms with Crippen molar-refractivity contribution in [2.24, 2.45) is 5.41 Å². The molecule has 0 heterocycles. The Kier molecular flexibility index (Phi) is 5.04. The topological polar surface area (TPSA) is 52.4 Å². The maximum Gasteiger partial charge on any atom is 0.312 e. The fourth-order valence-corrected chi connectivity index (χ4v) is 2.00. The maximum absolute atomic E-state index is 11.0. The summed E-state index contributed by atoms with van der Waals surface area (Å²) in [5.41, 5.74) is 0.596. The molecule has 0 spiro atoms. The fraction of sp³-hybridized carbons (Fsp3) is 0.500. The minimum absolute atomic E-state index is 0.0168. The van der Waals surface area contributed by atoms with Gasteiger partial charge in [-0.1, -0.05) is 29.8 Å². The zero-order valence-corrected chi connectivity index (χ0v) is 13.0. The number of thiol groups is 1. The van der Waals surface area contributed by atoms with Crippen LogP contribution in [0.2, 0.25) is 0 Å². The van der Waals surface area contributed by atoms with Crippen LogP contribution in [0.4, 0.5) is 5.69 Å². The molecule has 0 saturated carbocycles. The van der Waals surface area contributed by atoms with Gasteiger partial charge in [-0.05, 0) is 24.3 Å². The lowest BCUT2D eigenvalue weighted by Crippen LogP contribution is -2.23. The van der Waals surface area contributed by atoms with Crippen LogP contribution in [-0.4, -0.2) is 17.3 Å². The highest BCUT2D eigenvalue weighted by Crippen LogP contribution is 2.35. The van der Waals surface area contributed by atoms with Crippen LogP contribution in [0.15, 0.2) is 16.6 Å². The van der Waals surface area contributed by atoms with Gasteiger partial charge >= 0.3 is 5.69 Å². The second-order valence-corrected chi connectivity index (χ2v) is 6.17. The second-order valence-electron chi connectivity index (χ2n) is 4.94. The Hall–Kier alpha value is -0.750. The number of hydrogen-bond acceptors (Lipinski definition) is 4. The number of aryl methyl sites for hydroxylation is 1. The van der Waals surface area contributed by atoms with E-state index in [9.17, 15) is 10.1 Å². The van der Waals surface area contributed by atoms with Crippen LogP contribution in [0.3, 0.4) is 0 Å². The monoisotopic (exact) mass is 333 g/mol. The van der Waals surface area contributed by atoms with Crippen LogP contribution in [0.1, 0.15) is 19.4 Å². The normalized spacial score (nSPS) is 11.4. The van der Waals surface area contributed by atoms with E-state index in [0.29, 0.717) is 22.6 Å². The SMILES string of the molecule is Cc1cc(Br)cc([N+](=O)[O-])c1OCC(C)(C)CS. The quantitative estimate of drug-likeness (QED) is 0.503. The molecule has 0 saturated heterocycles. The van der Waals surface area contributed by atoms with Crippen molar-refractivity contribution >= 4 is 34.2 Å². The zero-order valence-electron chi connectivity index (χ0n) is 10.6. The van der Waals surface area contributed by atoms with Crippen LogP contribution in [0.25, 0.3) is 0 Å². The third-order valence-corrected chi connectivity index (χ3v) is 3.77. The van der Waals surface area contributed by atoms with Gasteiger partial charge < -0.3 is 4.74 Å². The van der Waals surface area contributed by atoms with Gasteiger partial charge in [0.15, 0.2) is 5.75 Å². The molecule has 1 rings (SSSR count). The first-order valence-electron chi connectivity index (χ1n) is 5.45. The van der Waals surface area contributed by atoms with Gasteiger partial charge in [-0.2, -0.15) is 12.6 Å². The van der Waals surface area contributed by atoms with Crippen molar-refractivity contribution < 1.29 is 9.66 Å². The number of rotatable bonds is 5. The van der Waals surface area contributed by atoms with Gasteiger partial charge in [0.1, 0.15) is 0 Å². The van der Waals surface area contributed by atoms with E-state index in [2.05, 4.69) is 28.6 Å². The van der Waals surface area contributed by atoms with Crippen molar-refractivity contribution in [3.63, 3.8) is 0 Å². The third kappa shape index (κ3) is 3.88. The molecule has 0 radical (unpaired) electrons. The highest BCUT2D eigenvalue weighted by atomic mass is 79.9. The molecule has 6 heteroatoms. The third-order valence-electron chi connectivity index (χ3n) is 2.45. The molecule has 1 aromatic carbocycles. The lowest BCUT2D eigenvalue weighted by atomic mass is 9.98. The average molecular weight is 334 g/mol. The summed E-state index contributed by atoms with van der Waals surface area (Å²) in [6.45, 7) is 6.18. The summed E-state index contributed by atoms with van der Waals surface area (Å²) in [5, 5.41) is 11.0. The first-order valence-corrected chi connectivity index (χ1v) is 6.87. The van der Waals surface area contributed by atoms with E-state index in [1.54, 1.807) is 13.0 Å². The summed E-state index contributed by atoms with van der Waals surface area (Å²) in [4.78, 5) is 10.6. The molecule has 18 heavy (non-hydrogen) atoms. The molecule has 0 unspecified atom stereocenters. The molecule has 0 atom stereocenters. The Morgan fingerprint density at radius 2 is 2.11 bits per heavy atom. The van der Waals surface area contributed by atoms with E-state index in [1.165, 1.54) is 6.07 Å². The van der Waals surface area contributed by atoms with Crippen molar-refractivity contribution in [2.75, 3.05) is 12.4 Å². The van der Waals surface area contributed by atoms with Gasteiger partial charge in [-0.15, -0.1) is 0 Å². The molecule has 0 bridgehead atoms. The average Bonchev–Trinajstić information content (AvgIpc) is 2.26. The summed E-state index contributed by atoms with van der Waals surface area (Å²) < 4.78 is 6.30. The molecule has 0 amide bonds. The van der Waals surface area contributed by atoms with Gasteiger partial charge in [-0.25, -0.2) is 0 Å². The highest BCUT2D eigenvalue weighted by Gasteiger charge is 2.23. The zero-order chi connectivity index (χ0) is 13.9. The second kappa shape index (κ2) is 5.93. The minimum atomic E-state index is -0.430. The molecular formula is C12H16BrNO3S. The van der Waals surface area contributed by atoms with E-state index in [0.717, 1.165) is 5.56 Å². The van der Waals surface area contributed by atoms with E-state index in [-0.39, 0.29) is 11.1 Å². The van der Waals surface area contributed by atoms with Gasteiger partial charge in [0.05, 0.1) is 11.5 Å². The van der Waals surface area contributed by atoms with E-state index >= 15 is 0 Å². The first kappa shape index (κ1) is 15.3. The molecule has 4 nitrogen and oxygen atoms in total. The summed E-state index contributed by atoms with van der Waals surface area (Å²) in [5.74, 6) is 0.981. The molecule has 0 aromatic heterocycles. The molecule has 0 N–H and O–H groups in total. The van der Waals surface area contributed by atoms with Gasteiger partial charge in [0.2, 0.25) is 0 Å². The number of ether oxygens (including phenoxy) is 1. The molecule has 100 valence electrons. The number of benzene rings is 1. The van der Waals surface area contributed by atoms with Crippen molar-refractivity contribution in [3.8, 4) is 5.75 Å². The van der Waals surface area contributed by atoms with E-state index < -0.39 is 4.92 Å². The molecule has 0 aliphatic rings. The van der Waals surface area contributed by atoms with Gasteiger partial charge in [0, 0.05) is 16.0 Å². The van der Waals surface area contributed by atoms with Crippen LogP contribution >= 0.6 is 28.6 Å². The predicted octanol–water partition coefficient (Wildman–Crippen LogP) is 4.00. The summed E-state index contributed by atoms with van der Waals surface area (Å²) in [7, 11) is 0. The molecule has 0 fully saturated rings. The van der Waals surface area contributed by atoms with Gasteiger partial charge in [-0.3, -0.25) is 10.1 Å². The number of nitro groups is 1. The summed E-state index contributed by atoms with van der Waals surface area (Å²) >= 11 is 7.48. The number of halogens is 1. The lowest BCUT2D eigenvalue weighted by Gasteiger charge is -2.22. The number of nitro benzene ring substituents is 1. The van der Waals surface area contributed by atoms with Crippen molar-refractivity contribution in [1.29, 1.82) is 0 Å². The van der Waals surface area contributed by atoms with Crippen molar-refractivity contribution in [3.05, 3.63) is 32.3 Å². The highest BCUT2D eigenvalue weighted by molar-refractivity contribution is 9.10. The molecule has 1 aromatic rings.